The number of amides is 1. The van der Waals surface area contributed by atoms with Gasteiger partial charge in [-0.2, -0.15) is 0 Å². The molecule has 20 heavy (non-hydrogen) atoms. The number of nitrogens with one attached hydrogen (secondary N) is 1. The zero-order valence-corrected chi connectivity index (χ0v) is 14.0. The van der Waals surface area contributed by atoms with Gasteiger partial charge in [0.1, 0.15) is 6.04 Å². The highest BCUT2D eigenvalue weighted by Crippen LogP contribution is 2.26. The lowest BCUT2D eigenvalue weighted by Gasteiger charge is -2.25. The normalized spacial score (nSPS) is 17.4. The van der Waals surface area contributed by atoms with E-state index in [1.807, 2.05) is 30.0 Å². The Hall–Kier alpha value is -0.740. The van der Waals surface area contributed by atoms with E-state index in [9.17, 15) is 4.79 Å². The van der Waals surface area contributed by atoms with Crippen LogP contribution < -0.4 is 5.32 Å². The Bertz CT molecular complexity index is 473. The maximum atomic E-state index is 12.4. The molecular weight excluding hydrogens is 340 g/mol. The fraction of sp³-hybridized carbons (Fsp3) is 0.533. The van der Waals surface area contributed by atoms with Crippen LogP contribution in [0.15, 0.2) is 22.7 Å². The van der Waals surface area contributed by atoms with Crippen molar-refractivity contribution >= 4 is 39.1 Å². The first-order valence-corrected chi connectivity index (χ1v) is 8.25. The third-order valence-electron chi connectivity index (χ3n) is 3.59. The summed E-state index contributed by atoms with van der Waals surface area (Å²) in [5, 5.41) is 3.83. The lowest BCUT2D eigenvalue weighted by atomic mass is 10.2. The molecule has 1 aromatic carbocycles. The van der Waals surface area contributed by atoms with Gasteiger partial charge in [-0.15, -0.1) is 0 Å². The Morgan fingerprint density at radius 3 is 2.55 bits per heavy atom. The molecule has 0 aromatic heterocycles. The lowest BCUT2D eigenvalue weighted by Crippen LogP contribution is -2.41. The summed E-state index contributed by atoms with van der Waals surface area (Å²) >= 11 is 9.55. The number of carbonyl (C=O) groups excluding carboxylic acids is 1. The standard InChI is InChI=1S/C15H20BrClN2O/c1-11(15(20)19-8-4-2-3-5-9-19)18-14-7-6-12(16)10-13(14)17/h6-7,10-11,18H,2-5,8-9H2,1H3. The maximum Gasteiger partial charge on any atom is 0.244 e. The number of hydrogen-bond donors (Lipinski definition) is 1. The van der Waals surface area contributed by atoms with Crippen LogP contribution in [0.1, 0.15) is 32.6 Å². The van der Waals surface area contributed by atoms with Gasteiger partial charge in [0.15, 0.2) is 0 Å². The van der Waals surface area contributed by atoms with Gasteiger partial charge in [-0.25, -0.2) is 0 Å². The minimum absolute atomic E-state index is 0.158. The smallest absolute Gasteiger partial charge is 0.244 e. The molecule has 0 spiro atoms. The summed E-state index contributed by atoms with van der Waals surface area (Å²) in [5.74, 6) is 0.158. The van der Waals surface area contributed by atoms with Crippen molar-refractivity contribution in [2.24, 2.45) is 0 Å². The molecule has 1 saturated heterocycles. The van der Waals surface area contributed by atoms with Gasteiger partial charge in [0.25, 0.3) is 0 Å². The molecule has 2 rings (SSSR count). The van der Waals surface area contributed by atoms with Gasteiger partial charge < -0.3 is 10.2 Å². The van der Waals surface area contributed by atoms with E-state index in [0.29, 0.717) is 5.02 Å². The average Bonchev–Trinajstić information content (AvgIpc) is 2.70. The molecule has 0 bridgehead atoms. The Kier molecular flexibility index (Phi) is 5.73. The summed E-state index contributed by atoms with van der Waals surface area (Å²) in [6.45, 7) is 3.64. The Morgan fingerprint density at radius 2 is 1.95 bits per heavy atom. The van der Waals surface area contributed by atoms with E-state index in [2.05, 4.69) is 21.2 Å². The van der Waals surface area contributed by atoms with E-state index in [-0.39, 0.29) is 11.9 Å². The van der Waals surface area contributed by atoms with Crippen molar-refractivity contribution in [2.45, 2.75) is 38.6 Å². The molecule has 1 aliphatic heterocycles. The van der Waals surface area contributed by atoms with Crippen LogP contribution in [-0.4, -0.2) is 29.9 Å². The molecule has 1 amide bonds. The first-order valence-electron chi connectivity index (χ1n) is 7.08. The van der Waals surface area contributed by atoms with Crippen LogP contribution in [-0.2, 0) is 4.79 Å². The predicted molar refractivity (Wildman–Crippen MR) is 87.3 cm³/mol. The summed E-state index contributed by atoms with van der Waals surface area (Å²) < 4.78 is 0.930. The Labute approximate surface area is 133 Å². The van der Waals surface area contributed by atoms with E-state index in [1.54, 1.807) is 0 Å². The van der Waals surface area contributed by atoms with Crippen molar-refractivity contribution in [1.29, 1.82) is 0 Å². The number of carbonyl (C=O) groups is 1. The van der Waals surface area contributed by atoms with Crippen LogP contribution >= 0.6 is 27.5 Å². The molecule has 0 saturated carbocycles. The minimum Gasteiger partial charge on any atom is -0.373 e. The molecular formula is C15H20BrClN2O. The van der Waals surface area contributed by atoms with Crippen LogP contribution in [0, 0.1) is 0 Å². The van der Waals surface area contributed by atoms with Crippen LogP contribution in [0.5, 0.6) is 0 Å². The molecule has 110 valence electrons. The van der Waals surface area contributed by atoms with Crippen molar-refractivity contribution < 1.29 is 4.79 Å². The first kappa shape index (κ1) is 15.6. The van der Waals surface area contributed by atoms with Crippen molar-refractivity contribution in [3.8, 4) is 0 Å². The predicted octanol–water partition coefficient (Wildman–Crippen LogP) is 4.31. The minimum atomic E-state index is -0.258. The number of anilines is 1. The van der Waals surface area contributed by atoms with Crippen LogP contribution in [0.3, 0.4) is 0 Å². The molecule has 1 atom stereocenters. The number of benzene rings is 1. The number of likely N-dealkylation sites (tertiary alicyclic amines) is 1. The zero-order chi connectivity index (χ0) is 14.5. The molecule has 1 heterocycles. The van der Waals surface area contributed by atoms with Gasteiger partial charge in [-0.3, -0.25) is 4.79 Å². The second-order valence-corrected chi connectivity index (χ2v) is 6.55. The maximum absolute atomic E-state index is 12.4. The number of halogens is 2. The average molecular weight is 360 g/mol. The summed E-state index contributed by atoms with van der Waals surface area (Å²) in [5.41, 5.74) is 0.797. The molecule has 3 nitrogen and oxygen atoms in total. The Balaban J connectivity index is 1.99. The molecule has 1 N–H and O–H groups in total. The molecule has 0 radical (unpaired) electrons. The SMILES string of the molecule is CC(Nc1ccc(Br)cc1Cl)C(=O)N1CCCCCC1. The van der Waals surface area contributed by atoms with E-state index >= 15 is 0 Å². The largest absolute Gasteiger partial charge is 0.373 e. The van der Waals surface area contributed by atoms with Crippen LogP contribution in [0.25, 0.3) is 0 Å². The van der Waals surface area contributed by atoms with Crippen molar-refractivity contribution in [2.75, 3.05) is 18.4 Å². The molecule has 5 heteroatoms. The third-order valence-corrected chi connectivity index (χ3v) is 4.40. The fourth-order valence-electron chi connectivity index (χ4n) is 2.47. The van der Waals surface area contributed by atoms with Gasteiger partial charge in [-0.05, 0) is 38.0 Å². The fourth-order valence-corrected chi connectivity index (χ4v) is 3.19. The topological polar surface area (TPSA) is 32.3 Å². The second-order valence-electron chi connectivity index (χ2n) is 5.23. The molecule has 1 unspecified atom stereocenters. The van der Waals surface area contributed by atoms with Crippen molar-refractivity contribution in [3.63, 3.8) is 0 Å². The molecule has 0 aliphatic carbocycles. The van der Waals surface area contributed by atoms with E-state index in [1.165, 1.54) is 12.8 Å². The quantitative estimate of drug-likeness (QED) is 0.872. The molecule has 1 aromatic rings. The Morgan fingerprint density at radius 1 is 1.30 bits per heavy atom. The van der Waals surface area contributed by atoms with Crippen molar-refractivity contribution in [3.05, 3.63) is 27.7 Å². The second kappa shape index (κ2) is 7.32. The third kappa shape index (κ3) is 4.13. The summed E-state index contributed by atoms with van der Waals surface area (Å²) in [6, 6.07) is 5.37. The van der Waals surface area contributed by atoms with Gasteiger partial charge in [0.2, 0.25) is 5.91 Å². The van der Waals surface area contributed by atoms with Gasteiger partial charge >= 0.3 is 0 Å². The monoisotopic (exact) mass is 358 g/mol. The van der Waals surface area contributed by atoms with Crippen LogP contribution in [0.4, 0.5) is 5.69 Å². The summed E-state index contributed by atoms with van der Waals surface area (Å²) in [4.78, 5) is 14.4. The highest BCUT2D eigenvalue weighted by atomic mass is 79.9. The van der Waals surface area contributed by atoms with E-state index < -0.39 is 0 Å². The van der Waals surface area contributed by atoms with Gasteiger partial charge in [0, 0.05) is 17.6 Å². The van der Waals surface area contributed by atoms with Gasteiger partial charge in [-0.1, -0.05) is 40.4 Å². The van der Waals surface area contributed by atoms with Gasteiger partial charge in [0.05, 0.1) is 10.7 Å². The summed E-state index contributed by atoms with van der Waals surface area (Å²) in [7, 11) is 0. The molecule has 1 aliphatic rings. The zero-order valence-electron chi connectivity index (χ0n) is 11.7. The lowest BCUT2D eigenvalue weighted by molar-refractivity contribution is -0.131. The van der Waals surface area contributed by atoms with E-state index in [4.69, 9.17) is 11.6 Å². The summed E-state index contributed by atoms with van der Waals surface area (Å²) in [6.07, 6.45) is 4.67. The van der Waals surface area contributed by atoms with E-state index in [0.717, 1.165) is 36.1 Å². The van der Waals surface area contributed by atoms with Crippen LogP contribution in [0.2, 0.25) is 5.02 Å². The van der Waals surface area contributed by atoms with Crippen molar-refractivity contribution in [1.82, 2.24) is 4.90 Å². The number of hydrogen-bond acceptors (Lipinski definition) is 2. The highest BCUT2D eigenvalue weighted by Gasteiger charge is 2.21. The number of nitrogens with zero attached hydrogens (tertiary/aromatic N) is 1. The number of rotatable bonds is 3. The highest BCUT2D eigenvalue weighted by molar-refractivity contribution is 9.10. The first-order chi connectivity index (χ1) is 9.58. The molecule has 1 fully saturated rings.